The van der Waals surface area contributed by atoms with Crippen LogP contribution in [0.1, 0.15) is 10.4 Å². The van der Waals surface area contributed by atoms with Gasteiger partial charge >= 0.3 is 0 Å². The second-order valence-corrected chi connectivity index (χ2v) is 8.31. The van der Waals surface area contributed by atoms with Gasteiger partial charge in [0.05, 0.1) is 28.2 Å². The average molecular weight is 436 g/mol. The van der Waals surface area contributed by atoms with Gasteiger partial charge < -0.3 is 5.32 Å². The Morgan fingerprint density at radius 2 is 1.92 bits per heavy atom. The molecule has 0 aliphatic rings. The topological polar surface area (TPSA) is 66.5 Å². The highest BCUT2D eigenvalue weighted by atomic mass is 79.9. The van der Waals surface area contributed by atoms with E-state index < -0.39 is 21.7 Å². The number of benzene rings is 2. The van der Waals surface area contributed by atoms with Gasteiger partial charge in [-0.05, 0) is 36.4 Å². The summed E-state index contributed by atoms with van der Waals surface area (Å²) in [5.41, 5.74) is 0.288. The Morgan fingerprint density at radius 3 is 2.50 bits per heavy atom. The van der Waals surface area contributed by atoms with Crippen LogP contribution in [-0.2, 0) is 10.0 Å². The first-order valence-electron chi connectivity index (χ1n) is 6.59. The van der Waals surface area contributed by atoms with E-state index >= 15 is 0 Å². The fraction of sp³-hybridized carbons (Fsp3) is 0.133. The highest BCUT2D eigenvalue weighted by molar-refractivity contribution is 9.10. The lowest BCUT2D eigenvalue weighted by Gasteiger charge is -2.18. The fourth-order valence-electron chi connectivity index (χ4n) is 1.86. The summed E-state index contributed by atoms with van der Waals surface area (Å²) in [5.74, 6) is -1.26. The summed E-state index contributed by atoms with van der Waals surface area (Å²) >= 11 is 9.14. The summed E-state index contributed by atoms with van der Waals surface area (Å²) in [4.78, 5) is 12.4. The number of nitrogens with one attached hydrogen (secondary N) is 1. The van der Waals surface area contributed by atoms with Crippen molar-refractivity contribution in [2.75, 3.05) is 22.9 Å². The van der Waals surface area contributed by atoms with Gasteiger partial charge in [-0.25, -0.2) is 12.8 Å². The van der Waals surface area contributed by atoms with Gasteiger partial charge in [0, 0.05) is 11.5 Å². The van der Waals surface area contributed by atoms with Gasteiger partial charge in [-0.2, -0.15) is 0 Å². The summed E-state index contributed by atoms with van der Waals surface area (Å²) in [7, 11) is -2.13. The van der Waals surface area contributed by atoms with Crippen LogP contribution >= 0.6 is 27.5 Å². The van der Waals surface area contributed by atoms with Crippen molar-refractivity contribution in [1.82, 2.24) is 0 Å². The number of rotatable bonds is 4. The highest BCUT2D eigenvalue weighted by Gasteiger charge is 2.18. The molecule has 0 aromatic heterocycles. The third-order valence-corrected chi connectivity index (χ3v) is 5.26. The first-order chi connectivity index (χ1) is 11.1. The number of hydrogen-bond donors (Lipinski definition) is 1. The molecule has 128 valence electrons. The van der Waals surface area contributed by atoms with Crippen molar-refractivity contribution < 1.29 is 17.6 Å². The van der Waals surface area contributed by atoms with Crippen molar-refractivity contribution >= 4 is 54.8 Å². The van der Waals surface area contributed by atoms with Gasteiger partial charge in [0.15, 0.2) is 0 Å². The van der Waals surface area contributed by atoms with E-state index in [0.29, 0.717) is 4.47 Å². The van der Waals surface area contributed by atoms with Gasteiger partial charge in [0.25, 0.3) is 5.91 Å². The van der Waals surface area contributed by atoms with E-state index in [2.05, 4.69) is 21.2 Å². The number of halogens is 3. The third-order valence-electron chi connectivity index (χ3n) is 3.23. The Bertz CT molecular complexity index is 906. The van der Waals surface area contributed by atoms with E-state index in [-0.39, 0.29) is 22.0 Å². The van der Waals surface area contributed by atoms with Crippen molar-refractivity contribution in [3.63, 3.8) is 0 Å². The zero-order valence-electron chi connectivity index (χ0n) is 12.7. The Balaban J connectivity index is 2.35. The number of amides is 1. The van der Waals surface area contributed by atoms with Crippen LogP contribution < -0.4 is 9.62 Å². The molecule has 0 aliphatic heterocycles. The molecule has 0 heterocycles. The molecule has 0 spiro atoms. The lowest BCUT2D eigenvalue weighted by molar-refractivity contribution is 0.102. The Hall–Kier alpha value is -1.64. The second-order valence-electron chi connectivity index (χ2n) is 4.97. The summed E-state index contributed by atoms with van der Waals surface area (Å²) < 4.78 is 38.6. The van der Waals surface area contributed by atoms with Crippen molar-refractivity contribution in [3.05, 3.63) is 57.3 Å². The maximum atomic E-state index is 13.8. The zero-order chi connectivity index (χ0) is 18.1. The molecule has 0 bridgehead atoms. The molecule has 0 aliphatic carbocycles. The van der Waals surface area contributed by atoms with E-state index in [1.807, 2.05) is 0 Å². The SMILES string of the molecule is CN(c1ccc(Cl)c(C(=O)Nc2ccc(Br)cc2F)c1)S(C)(=O)=O. The smallest absolute Gasteiger partial charge is 0.257 e. The van der Waals surface area contributed by atoms with Gasteiger partial charge in [-0.3, -0.25) is 9.10 Å². The van der Waals surface area contributed by atoms with Crippen LogP contribution in [0.5, 0.6) is 0 Å². The van der Waals surface area contributed by atoms with E-state index in [9.17, 15) is 17.6 Å². The summed E-state index contributed by atoms with van der Waals surface area (Å²) in [5, 5.41) is 2.53. The van der Waals surface area contributed by atoms with Crippen LogP contribution in [0.25, 0.3) is 0 Å². The van der Waals surface area contributed by atoms with Crippen LogP contribution in [0.2, 0.25) is 5.02 Å². The molecule has 5 nitrogen and oxygen atoms in total. The zero-order valence-corrected chi connectivity index (χ0v) is 15.8. The third kappa shape index (κ3) is 4.25. The number of anilines is 2. The molecule has 1 amide bonds. The molecule has 24 heavy (non-hydrogen) atoms. The van der Waals surface area contributed by atoms with Gasteiger partial charge in [0.1, 0.15) is 5.82 Å². The van der Waals surface area contributed by atoms with Crippen LogP contribution in [0.4, 0.5) is 15.8 Å². The maximum absolute atomic E-state index is 13.8. The van der Waals surface area contributed by atoms with Crippen molar-refractivity contribution in [2.45, 2.75) is 0 Å². The summed E-state index contributed by atoms with van der Waals surface area (Å²) in [6.07, 6.45) is 1.04. The summed E-state index contributed by atoms with van der Waals surface area (Å²) in [6, 6.07) is 8.40. The Morgan fingerprint density at radius 1 is 1.25 bits per heavy atom. The fourth-order valence-corrected chi connectivity index (χ4v) is 2.89. The Labute approximate surface area is 152 Å². The number of nitrogens with zero attached hydrogens (tertiary/aromatic N) is 1. The van der Waals surface area contributed by atoms with Crippen LogP contribution in [-0.4, -0.2) is 27.6 Å². The lowest BCUT2D eigenvalue weighted by Crippen LogP contribution is -2.25. The minimum absolute atomic E-state index is 0.0128. The van der Waals surface area contributed by atoms with E-state index in [4.69, 9.17) is 11.6 Å². The predicted octanol–water partition coefficient (Wildman–Crippen LogP) is 3.89. The predicted molar refractivity (Wildman–Crippen MR) is 96.8 cm³/mol. The molecule has 0 atom stereocenters. The Kier molecular flexibility index (Phi) is 5.52. The van der Waals surface area contributed by atoms with Crippen LogP contribution in [0, 0.1) is 5.82 Å². The summed E-state index contributed by atoms with van der Waals surface area (Å²) in [6.45, 7) is 0. The van der Waals surface area contributed by atoms with Gasteiger partial charge in [-0.1, -0.05) is 27.5 Å². The molecule has 0 saturated heterocycles. The number of carbonyl (C=O) groups excluding carboxylic acids is 1. The molecule has 2 aromatic carbocycles. The molecular weight excluding hydrogens is 423 g/mol. The molecule has 2 rings (SSSR count). The number of carbonyl (C=O) groups is 1. The molecule has 2 aromatic rings. The minimum atomic E-state index is -3.49. The molecule has 0 unspecified atom stereocenters. The van der Waals surface area contributed by atoms with E-state index in [1.165, 1.54) is 37.4 Å². The average Bonchev–Trinajstić information content (AvgIpc) is 2.49. The largest absolute Gasteiger partial charge is 0.319 e. The van der Waals surface area contributed by atoms with Crippen molar-refractivity contribution in [1.29, 1.82) is 0 Å². The van der Waals surface area contributed by atoms with Crippen molar-refractivity contribution in [2.24, 2.45) is 0 Å². The van der Waals surface area contributed by atoms with Crippen molar-refractivity contribution in [3.8, 4) is 0 Å². The maximum Gasteiger partial charge on any atom is 0.257 e. The van der Waals surface area contributed by atoms with Crippen LogP contribution in [0.3, 0.4) is 0 Å². The molecule has 9 heteroatoms. The lowest BCUT2D eigenvalue weighted by atomic mass is 10.1. The second kappa shape index (κ2) is 7.08. The monoisotopic (exact) mass is 434 g/mol. The van der Waals surface area contributed by atoms with Gasteiger partial charge in [0.2, 0.25) is 10.0 Å². The standard InChI is InChI=1S/C15H13BrClFN2O3S/c1-20(24(2,22)23)10-4-5-12(17)11(8-10)15(21)19-14-6-3-9(16)7-13(14)18/h3-8H,1-2H3,(H,19,21). The van der Waals surface area contributed by atoms with Gasteiger partial charge in [-0.15, -0.1) is 0 Å². The number of sulfonamides is 1. The quantitative estimate of drug-likeness (QED) is 0.792. The molecule has 1 N–H and O–H groups in total. The number of hydrogen-bond acceptors (Lipinski definition) is 3. The highest BCUT2D eigenvalue weighted by Crippen LogP contribution is 2.26. The van der Waals surface area contributed by atoms with E-state index in [1.54, 1.807) is 6.07 Å². The van der Waals surface area contributed by atoms with Crippen LogP contribution in [0.15, 0.2) is 40.9 Å². The minimum Gasteiger partial charge on any atom is -0.319 e. The molecule has 0 saturated carbocycles. The first kappa shape index (κ1) is 18.7. The normalized spacial score (nSPS) is 11.2. The first-order valence-corrected chi connectivity index (χ1v) is 9.61. The molecular formula is C15H13BrClFN2O3S. The molecule has 0 fully saturated rings. The molecule has 0 radical (unpaired) electrons. The van der Waals surface area contributed by atoms with E-state index in [0.717, 1.165) is 10.6 Å².